The summed E-state index contributed by atoms with van der Waals surface area (Å²) in [6.07, 6.45) is 5.14. The average Bonchev–Trinajstić information content (AvgIpc) is 3.50. The Labute approximate surface area is 192 Å². The van der Waals surface area contributed by atoms with Crippen molar-refractivity contribution in [2.75, 3.05) is 36.0 Å². The molecule has 0 radical (unpaired) electrons. The monoisotopic (exact) mass is 454 g/mol. The van der Waals surface area contributed by atoms with Crippen molar-refractivity contribution < 1.29 is 14.3 Å². The smallest absolute Gasteiger partial charge is 0.410 e. The molecule has 0 unspecified atom stereocenters. The first-order valence-electron chi connectivity index (χ1n) is 11.0. The number of pyridine rings is 1. The second kappa shape index (κ2) is 7.37. The highest BCUT2D eigenvalue weighted by molar-refractivity contribution is 6.31. The number of nitrogens with zero attached hydrogens (tertiary/aromatic N) is 4. The van der Waals surface area contributed by atoms with Gasteiger partial charge in [-0.15, -0.1) is 0 Å². The topological polar surface area (TPSA) is 66.0 Å². The van der Waals surface area contributed by atoms with Gasteiger partial charge in [-0.05, 0) is 63.4 Å². The molecule has 2 aromatic rings. The zero-order valence-corrected chi connectivity index (χ0v) is 19.4. The summed E-state index contributed by atoms with van der Waals surface area (Å²) in [6, 6.07) is 7.56. The van der Waals surface area contributed by atoms with E-state index in [-0.39, 0.29) is 17.5 Å². The fraction of sp³-hybridized carbons (Fsp3) is 0.458. The Bertz CT molecular complexity index is 1080. The number of fused-ring (bicyclic) bond motifs is 2. The number of benzene rings is 1. The van der Waals surface area contributed by atoms with Crippen LogP contribution >= 0.6 is 11.6 Å². The summed E-state index contributed by atoms with van der Waals surface area (Å²) in [5.41, 5.74) is 2.69. The van der Waals surface area contributed by atoms with Crippen molar-refractivity contribution in [2.24, 2.45) is 0 Å². The molecule has 0 bridgehead atoms. The number of piperazine rings is 1. The molecule has 1 saturated heterocycles. The Balaban J connectivity index is 1.34. The number of amides is 2. The van der Waals surface area contributed by atoms with Crippen LogP contribution in [-0.4, -0.2) is 53.7 Å². The van der Waals surface area contributed by atoms with Crippen molar-refractivity contribution in [1.82, 2.24) is 9.88 Å². The molecule has 0 N–H and O–H groups in total. The first kappa shape index (κ1) is 21.1. The van der Waals surface area contributed by atoms with Crippen molar-refractivity contribution in [3.05, 3.63) is 52.8 Å². The van der Waals surface area contributed by atoms with E-state index in [1.807, 2.05) is 50.1 Å². The maximum Gasteiger partial charge on any atom is 0.410 e. The highest BCUT2D eigenvalue weighted by atomic mass is 35.5. The van der Waals surface area contributed by atoms with Gasteiger partial charge in [0.25, 0.3) is 5.91 Å². The van der Waals surface area contributed by atoms with E-state index in [1.165, 1.54) is 0 Å². The molecule has 7 nitrogen and oxygen atoms in total. The van der Waals surface area contributed by atoms with E-state index >= 15 is 0 Å². The fourth-order valence-electron chi connectivity index (χ4n) is 4.68. The SMILES string of the molecule is CC(C)(C)OC(=O)N1CCN(c2cncc(N3C(=O)c4ccc(Cl)cc4C34CC4)c2)CC1. The molecule has 0 atom stereocenters. The lowest BCUT2D eigenvalue weighted by molar-refractivity contribution is 0.0240. The van der Waals surface area contributed by atoms with E-state index in [9.17, 15) is 9.59 Å². The minimum absolute atomic E-state index is 0.00265. The summed E-state index contributed by atoms with van der Waals surface area (Å²) in [6.45, 7) is 8.13. The molecular weight excluding hydrogens is 428 g/mol. The maximum absolute atomic E-state index is 13.3. The van der Waals surface area contributed by atoms with Gasteiger partial charge in [-0.1, -0.05) is 11.6 Å². The Morgan fingerprint density at radius 3 is 2.41 bits per heavy atom. The van der Waals surface area contributed by atoms with Gasteiger partial charge >= 0.3 is 6.09 Å². The predicted molar refractivity (Wildman–Crippen MR) is 123 cm³/mol. The van der Waals surface area contributed by atoms with Crippen LogP contribution < -0.4 is 9.80 Å². The number of carbonyl (C=O) groups is 2. The van der Waals surface area contributed by atoms with E-state index < -0.39 is 5.60 Å². The van der Waals surface area contributed by atoms with E-state index in [0.717, 1.165) is 35.3 Å². The number of hydrogen-bond acceptors (Lipinski definition) is 5. The van der Waals surface area contributed by atoms with E-state index in [1.54, 1.807) is 17.2 Å². The quantitative estimate of drug-likeness (QED) is 0.671. The number of hydrogen-bond donors (Lipinski definition) is 0. The normalized spacial score (nSPS) is 19.4. The number of anilines is 2. The van der Waals surface area contributed by atoms with Gasteiger partial charge in [0.2, 0.25) is 0 Å². The van der Waals surface area contributed by atoms with Crippen LogP contribution in [0.25, 0.3) is 0 Å². The molecule has 32 heavy (non-hydrogen) atoms. The summed E-state index contributed by atoms with van der Waals surface area (Å²) in [5, 5.41) is 0.652. The number of aromatic nitrogens is 1. The van der Waals surface area contributed by atoms with Crippen molar-refractivity contribution in [3.63, 3.8) is 0 Å². The Morgan fingerprint density at radius 2 is 1.75 bits per heavy atom. The summed E-state index contributed by atoms with van der Waals surface area (Å²) >= 11 is 6.23. The van der Waals surface area contributed by atoms with Crippen LogP contribution in [0.15, 0.2) is 36.7 Å². The Morgan fingerprint density at radius 1 is 1.06 bits per heavy atom. The van der Waals surface area contributed by atoms with E-state index in [2.05, 4.69) is 9.88 Å². The third kappa shape index (κ3) is 3.58. The molecule has 1 aromatic heterocycles. The second-order valence-electron chi connectivity index (χ2n) is 9.72. The fourth-order valence-corrected chi connectivity index (χ4v) is 4.86. The molecule has 1 aliphatic carbocycles. The lowest BCUT2D eigenvalue weighted by atomic mass is 10.0. The van der Waals surface area contributed by atoms with Crippen LogP contribution in [0.2, 0.25) is 5.02 Å². The van der Waals surface area contributed by atoms with E-state index in [0.29, 0.717) is 31.2 Å². The summed E-state index contributed by atoms with van der Waals surface area (Å²) < 4.78 is 5.49. The van der Waals surface area contributed by atoms with Crippen LogP contribution in [0.4, 0.5) is 16.2 Å². The van der Waals surface area contributed by atoms with Crippen molar-refractivity contribution in [2.45, 2.75) is 44.8 Å². The van der Waals surface area contributed by atoms with Gasteiger partial charge in [0.1, 0.15) is 5.60 Å². The molecule has 2 aliphatic heterocycles. The van der Waals surface area contributed by atoms with Gasteiger partial charge in [0, 0.05) is 36.8 Å². The summed E-state index contributed by atoms with van der Waals surface area (Å²) in [5.74, 6) is 0.00265. The molecule has 5 rings (SSSR count). The Hall–Kier alpha value is -2.80. The summed E-state index contributed by atoms with van der Waals surface area (Å²) in [7, 11) is 0. The molecule has 2 amide bonds. The van der Waals surface area contributed by atoms with Crippen molar-refractivity contribution in [3.8, 4) is 0 Å². The number of halogens is 1. The first-order valence-corrected chi connectivity index (χ1v) is 11.4. The van der Waals surface area contributed by atoms with Gasteiger partial charge in [-0.25, -0.2) is 4.79 Å². The number of rotatable bonds is 2. The predicted octanol–water partition coefficient (Wildman–Crippen LogP) is 4.44. The molecule has 168 valence electrons. The van der Waals surface area contributed by atoms with Gasteiger partial charge in [0.05, 0.1) is 29.3 Å². The third-order valence-electron chi connectivity index (χ3n) is 6.33. The van der Waals surface area contributed by atoms with E-state index in [4.69, 9.17) is 16.3 Å². The maximum atomic E-state index is 13.3. The highest BCUT2D eigenvalue weighted by Gasteiger charge is 2.58. The van der Waals surface area contributed by atoms with Crippen LogP contribution in [0, 0.1) is 0 Å². The molecule has 1 spiro atoms. The van der Waals surface area contributed by atoms with Crippen LogP contribution in [0.3, 0.4) is 0 Å². The molecule has 2 fully saturated rings. The molecule has 3 aliphatic rings. The van der Waals surface area contributed by atoms with Gasteiger partial charge < -0.3 is 14.5 Å². The zero-order valence-electron chi connectivity index (χ0n) is 18.6. The van der Waals surface area contributed by atoms with Crippen molar-refractivity contribution in [1.29, 1.82) is 0 Å². The Kier molecular flexibility index (Phi) is 4.85. The number of carbonyl (C=O) groups excluding carboxylic acids is 2. The second-order valence-corrected chi connectivity index (χ2v) is 10.2. The first-order chi connectivity index (χ1) is 15.2. The minimum Gasteiger partial charge on any atom is -0.444 e. The van der Waals surface area contributed by atoms with Gasteiger partial charge in [-0.2, -0.15) is 0 Å². The molecule has 1 aromatic carbocycles. The third-order valence-corrected chi connectivity index (χ3v) is 6.57. The number of ether oxygens (including phenoxy) is 1. The van der Waals surface area contributed by atoms with Gasteiger partial charge in [0.15, 0.2) is 0 Å². The highest BCUT2D eigenvalue weighted by Crippen LogP contribution is 2.58. The van der Waals surface area contributed by atoms with Crippen LogP contribution in [0.5, 0.6) is 0 Å². The molecular formula is C24H27ClN4O3. The van der Waals surface area contributed by atoms with Crippen LogP contribution in [-0.2, 0) is 10.3 Å². The van der Waals surface area contributed by atoms with Crippen molar-refractivity contribution >= 4 is 35.0 Å². The lowest BCUT2D eigenvalue weighted by Gasteiger charge is -2.37. The largest absolute Gasteiger partial charge is 0.444 e. The summed E-state index contributed by atoms with van der Waals surface area (Å²) in [4.78, 5) is 35.9. The zero-order chi connectivity index (χ0) is 22.7. The molecule has 3 heterocycles. The average molecular weight is 455 g/mol. The van der Waals surface area contributed by atoms with Crippen LogP contribution in [0.1, 0.15) is 49.5 Å². The lowest BCUT2D eigenvalue weighted by Crippen LogP contribution is -2.50. The standard InChI is InChI=1S/C24H27ClN4O3/c1-23(2,3)32-22(31)28-10-8-27(9-11-28)17-13-18(15-26-14-17)29-21(30)19-5-4-16(25)12-20(19)24(29)6-7-24/h4-5,12-15H,6-11H2,1-3H3. The molecule has 1 saturated carbocycles. The molecule has 8 heteroatoms. The van der Waals surface area contributed by atoms with Gasteiger partial charge in [-0.3, -0.25) is 14.7 Å². The minimum atomic E-state index is -0.505.